The van der Waals surface area contributed by atoms with E-state index < -0.39 is 16.5 Å². The van der Waals surface area contributed by atoms with Gasteiger partial charge in [-0.05, 0) is 6.92 Å². The number of carbonyl (C=O) groups is 1. The van der Waals surface area contributed by atoms with Crippen molar-refractivity contribution in [3.63, 3.8) is 0 Å². The molecule has 0 saturated carbocycles. The van der Waals surface area contributed by atoms with E-state index in [9.17, 15) is 14.9 Å². The maximum atomic E-state index is 10.8. The molecule has 0 heterocycles. The van der Waals surface area contributed by atoms with Crippen molar-refractivity contribution < 1.29 is 14.5 Å². The Morgan fingerprint density at radius 2 is 2.38 bits per heavy atom. The third-order valence-electron chi connectivity index (χ3n) is 0.979. The molecule has 6 nitrogen and oxygen atoms in total. The van der Waals surface area contributed by atoms with Crippen LogP contribution in [0.25, 0.3) is 5.41 Å². The van der Waals surface area contributed by atoms with Crippen molar-refractivity contribution in [3.8, 4) is 0 Å². The van der Waals surface area contributed by atoms with Gasteiger partial charge in [-0.15, -0.1) is 0 Å². The molecule has 0 N–H and O–H groups in total. The highest BCUT2D eigenvalue weighted by molar-refractivity contribution is 6.01. The van der Waals surface area contributed by atoms with E-state index in [1.54, 1.807) is 6.92 Å². The van der Waals surface area contributed by atoms with Gasteiger partial charge in [-0.2, -0.15) is 0 Å². The van der Waals surface area contributed by atoms with Gasteiger partial charge in [0.2, 0.25) is 6.20 Å². The summed E-state index contributed by atoms with van der Waals surface area (Å²) in [5, 5.41) is 18.2. The average molecular weight is 183 g/mol. The van der Waals surface area contributed by atoms with Crippen molar-refractivity contribution in [2.45, 2.75) is 6.92 Å². The lowest BCUT2D eigenvalue weighted by Crippen LogP contribution is -2.06. The molecular formula is C7H7N2O4-. The Hall–Kier alpha value is -1.94. The smallest absolute Gasteiger partial charge is 0.344 e. The van der Waals surface area contributed by atoms with E-state index in [2.05, 4.69) is 4.74 Å². The number of nitro groups is 1. The molecular weight excluding hydrogens is 176 g/mol. The second kappa shape index (κ2) is 5.68. The van der Waals surface area contributed by atoms with Gasteiger partial charge < -0.3 is 10.1 Å². The van der Waals surface area contributed by atoms with E-state index in [1.165, 1.54) is 5.87 Å². The quantitative estimate of drug-likeness (QED) is 0.158. The molecule has 0 unspecified atom stereocenters. The standard InChI is InChI=1S/C7H7N2O4/c1-2-13-7(10)6(5-8)3-4-9(11)12/h3-4H,2H2,1H3/q-1/b4-3+. The summed E-state index contributed by atoms with van der Waals surface area (Å²) in [5.41, 5.74) is -0.390. The minimum Gasteiger partial charge on any atom is -0.763 e. The lowest BCUT2D eigenvalue weighted by Gasteiger charge is -1.99. The van der Waals surface area contributed by atoms with Crippen molar-refractivity contribution in [2.75, 3.05) is 6.61 Å². The molecule has 0 aliphatic carbocycles. The molecule has 6 heteroatoms. The van der Waals surface area contributed by atoms with Crippen LogP contribution in [0.2, 0.25) is 0 Å². The van der Waals surface area contributed by atoms with Crippen LogP contribution in [0, 0.1) is 10.1 Å². The second-order valence-corrected chi connectivity index (χ2v) is 1.85. The highest BCUT2D eigenvalue weighted by Gasteiger charge is 2.05. The summed E-state index contributed by atoms with van der Waals surface area (Å²) >= 11 is 0. The minimum absolute atomic E-state index is 0.121. The van der Waals surface area contributed by atoms with Crippen molar-refractivity contribution in [1.29, 1.82) is 0 Å². The largest absolute Gasteiger partial charge is 0.763 e. The number of hydrogen-bond acceptors (Lipinski definition) is 4. The molecule has 0 spiro atoms. The van der Waals surface area contributed by atoms with Gasteiger partial charge in [-0.1, -0.05) is 0 Å². The number of ether oxygens (including phenoxy) is 1. The van der Waals surface area contributed by atoms with Crippen LogP contribution in [0.3, 0.4) is 0 Å². The molecule has 0 aliphatic heterocycles. The summed E-state index contributed by atoms with van der Waals surface area (Å²) in [6.07, 6.45) is 1.31. The van der Waals surface area contributed by atoms with Crippen LogP contribution in [0.4, 0.5) is 0 Å². The first-order valence-corrected chi connectivity index (χ1v) is 3.37. The Balaban J connectivity index is 4.46. The molecule has 0 aromatic heterocycles. The fraction of sp³-hybridized carbons (Fsp3) is 0.286. The molecule has 0 aromatic rings. The normalized spacial score (nSPS) is 9.31. The van der Waals surface area contributed by atoms with Gasteiger partial charge in [0, 0.05) is 6.08 Å². The zero-order valence-corrected chi connectivity index (χ0v) is 6.89. The zero-order chi connectivity index (χ0) is 10.3. The minimum atomic E-state index is -0.858. The van der Waals surface area contributed by atoms with Crippen molar-refractivity contribution >= 4 is 11.8 Å². The Labute approximate surface area is 74.2 Å². The topological polar surface area (TPSA) is 91.7 Å². The number of nitrogens with zero attached hydrogens (tertiary/aromatic N) is 2. The van der Waals surface area contributed by atoms with E-state index in [-0.39, 0.29) is 6.61 Å². The molecule has 0 amide bonds. The molecule has 0 atom stereocenters. The molecule has 0 fully saturated rings. The summed E-state index contributed by atoms with van der Waals surface area (Å²) in [4.78, 5) is 19.9. The van der Waals surface area contributed by atoms with E-state index in [1.807, 2.05) is 0 Å². The monoisotopic (exact) mass is 183 g/mol. The van der Waals surface area contributed by atoms with Crippen LogP contribution in [-0.2, 0) is 9.53 Å². The SMILES string of the molecule is CCOC(=O)C(=C=[N-])/C=C/[N+](=O)[O-]. The Kier molecular flexibility index (Phi) is 4.83. The third kappa shape index (κ3) is 4.49. The van der Waals surface area contributed by atoms with Crippen LogP contribution >= 0.6 is 0 Å². The van der Waals surface area contributed by atoms with E-state index >= 15 is 0 Å². The number of carbonyl (C=O) groups excluding carboxylic acids is 1. The summed E-state index contributed by atoms with van der Waals surface area (Å²) in [7, 11) is 0. The van der Waals surface area contributed by atoms with Crippen molar-refractivity contribution in [2.24, 2.45) is 0 Å². The first-order valence-electron chi connectivity index (χ1n) is 3.37. The summed E-state index contributed by atoms with van der Waals surface area (Å²) in [5.74, 6) is 0.635. The predicted octanol–water partition coefficient (Wildman–Crippen LogP) is 0.505. The lowest BCUT2D eigenvalue weighted by atomic mass is 10.3. The van der Waals surface area contributed by atoms with Crippen LogP contribution in [-0.4, -0.2) is 23.4 Å². The van der Waals surface area contributed by atoms with Gasteiger partial charge in [-0.3, -0.25) is 16.0 Å². The summed E-state index contributed by atoms with van der Waals surface area (Å²) in [6, 6.07) is 0. The maximum absolute atomic E-state index is 10.8. The molecule has 0 rings (SSSR count). The summed E-state index contributed by atoms with van der Waals surface area (Å²) in [6.45, 7) is 1.69. The first kappa shape index (κ1) is 11.1. The van der Waals surface area contributed by atoms with Gasteiger partial charge in [-0.25, -0.2) is 4.79 Å². The molecule has 0 bridgehead atoms. The van der Waals surface area contributed by atoms with Gasteiger partial charge in [0.25, 0.3) is 0 Å². The van der Waals surface area contributed by atoms with E-state index in [0.29, 0.717) is 6.20 Å². The predicted molar refractivity (Wildman–Crippen MR) is 44.6 cm³/mol. The Morgan fingerprint density at radius 3 is 2.77 bits per heavy atom. The van der Waals surface area contributed by atoms with E-state index in [4.69, 9.17) is 5.41 Å². The maximum Gasteiger partial charge on any atom is 0.344 e. The van der Waals surface area contributed by atoms with Gasteiger partial charge >= 0.3 is 5.97 Å². The van der Waals surface area contributed by atoms with Crippen molar-refractivity contribution in [3.05, 3.63) is 33.4 Å². The number of esters is 1. The summed E-state index contributed by atoms with van der Waals surface area (Å²) < 4.78 is 4.45. The van der Waals surface area contributed by atoms with Crippen LogP contribution in [0.5, 0.6) is 0 Å². The molecule has 0 aromatic carbocycles. The third-order valence-corrected chi connectivity index (χ3v) is 0.979. The molecule has 70 valence electrons. The average Bonchev–Trinajstić information content (AvgIpc) is 2.05. The first-order chi connectivity index (χ1) is 6.11. The fourth-order valence-corrected chi connectivity index (χ4v) is 0.495. The fourth-order valence-electron chi connectivity index (χ4n) is 0.495. The Bertz CT molecular complexity index is 289. The lowest BCUT2D eigenvalue weighted by molar-refractivity contribution is -0.402. The second-order valence-electron chi connectivity index (χ2n) is 1.85. The molecule has 13 heavy (non-hydrogen) atoms. The highest BCUT2D eigenvalue weighted by Crippen LogP contribution is 1.95. The van der Waals surface area contributed by atoms with Crippen LogP contribution < -0.4 is 0 Å². The number of rotatable bonds is 4. The zero-order valence-electron chi connectivity index (χ0n) is 6.89. The van der Waals surface area contributed by atoms with E-state index in [0.717, 1.165) is 6.08 Å². The highest BCUT2D eigenvalue weighted by atomic mass is 16.6. The van der Waals surface area contributed by atoms with Crippen LogP contribution in [0.15, 0.2) is 17.8 Å². The number of hydrogen-bond donors (Lipinski definition) is 0. The van der Waals surface area contributed by atoms with Crippen molar-refractivity contribution in [1.82, 2.24) is 0 Å². The Morgan fingerprint density at radius 1 is 1.77 bits per heavy atom. The van der Waals surface area contributed by atoms with Gasteiger partial charge in [0.1, 0.15) is 0 Å². The van der Waals surface area contributed by atoms with Gasteiger partial charge in [0.05, 0.1) is 17.1 Å². The van der Waals surface area contributed by atoms with Gasteiger partial charge in [0.15, 0.2) is 0 Å². The molecule has 0 aliphatic rings. The molecule has 0 saturated heterocycles. The van der Waals surface area contributed by atoms with Crippen LogP contribution in [0.1, 0.15) is 6.92 Å². The molecule has 0 radical (unpaired) electrons.